The first-order valence-corrected chi connectivity index (χ1v) is 7.75. The minimum atomic E-state index is -3.55. The molecule has 0 bridgehead atoms. The highest BCUT2D eigenvalue weighted by atomic mass is 32.2. The van der Waals surface area contributed by atoms with Crippen LogP contribution in [0, 0.1) is 0 Å². The Morgan fingerprint density at radius 3 is 2.25 bits per heavy atom. The molecule has 0 radical (unpaired) electrons. The Balaban J connectivity index is 3.03. The minimum absolute atomic E-state index is 0.0755. The zero-order chi connectivity index (χ0) is 15.5. The van der Waals surface area contributed by atoms with E-state index < -0.39 is 21.9 Å². The summed E-state index contributed by atoms with van der Waals surface area (Å²) >= 11 is 0. The van der Waals surface area contributed by atoms with Crippen LogP contribution in [0.3, 0.4) is 0 Å². The lowest BCUT2D eigenvalue weighted by atomic mass is 10.2. The smallest absolute Gasteiger partial charge is 0.340 e. The number of sulfone groups is 1. The predicted octanol–water partition coefficient (Wildman–Crippen LogP) is 0.724. The first-order valence-electron chi connectivity index (χ1n) is 5.86. The maximum absolute atomic E-state index is 12.0. The van der Waals surface area contributed by atoms with Gasteiger partial charge in [-0.2, -0.15) is 0 Å². The summed E-state index contributed by atoms with van der Waals surface area (Å²) in [5.41, 5.74) is -0.0755. The quantitative estimate of drug-likeness (QED) is 0.765. The zero-order valence-electron chi connectivity index (χ0n) is 11.8. The molecule has 1 aromatic carbocycles. The molecular formula is C13H17NO5S. The van der Waals surface area contributed by atoms with Crippen molar-refractivity contribution in [2.24, 2.45) is 0 Å². The molecule has 7 heteroatoms. The van der Waals surface area contributed by atoms with E-state index >= 15 is 0 Å². The van der Waals surface area contributed by atoms with Gasteiger partial charge in [0.15, 0.2) is 15.9 Å². The first-order chi connectivity index (χ1) is 9.14. The molecule has 0 aromatic heterocycles. The lowest BCUT2D eigenvalue weighted by Crippen LogP contribution is -2.35. The highest BCUT2D eigenvalue weighted by molar-refractivity contribution is 7.90. The Hall–Kier alpha value is -1.89. The summed E-state index contributed by atoms with van der Waals surface area (Å²) in [5, 5.41) is 0. The monoisotopic (exact) mass is 299 g/mol. The lowest BCUT2D eigenvalue weighted by molar-refractivity contribution is -0.137. The van der Waals surface area contributed by atoms with Crippen molar-refractivity contribution in [3.63, 3.8) is 0 Å². The van der Waals surface area contributed by atoms with Crippen molar-refractivity contribution in [3.05, 3.63) is 29.8 Å². The summed E-state index contributed by atoms with van der Waals surface area (Å²) < 4.78 is 28.2. The van der Waals surface area contributed by atoms with Gasteiger partial charge in [-0.1, -0.05) is 12.1 Å². The summed E-state index contributed by atoms with van der Waals surface area (Å²) in [6, 6.07) is 5.72. The van der Waals surface area contributed by atoms with Crippen LogP contribution in [-0.4, -0.2) is 51.6 Å². The van der Waals surface area contributed by atoms with Crippen LogP contribution in [0.25, 0.3) is 0 Å². The van der Waals surface area contributed by atoms with Gasteiger partial charge in [0.25, 0.3) is 5.91 Å². The van der Waals surface area contributed by atoms with Gasteiger partial charge in [0.1, 0.15) is 0 Å². The molecular weight excluding hydrogens is 282 g/mol. The lowest BCUT2D eigenvalue weighted by Gasteiger charge is -2.17. The van der Waals surface area contributed by atoms with E-state index in [9.17, 15) is 18.0 Å². The number of hydrogen-bond donors (Lipinski definition) is 0. The maximum atomic E-state index is 12.0. The molecule has 1 atom stereocenters. The standard InChI is InChI=1S/C13H17NO5S/c1-9(12(15)14(2)3)19-13(16)10-7-5-6-8-11(10)20(4,17)18/h5-9H,1-4H3/t9-/m0/s1. The van der Waals surface area contributed by atoms with Gasteiger partial charge in [0, 0.05) is 20.4 Å². The van der Waals surface area contributed by atoms with E-state index in [1.54, 1.807) is 0 Å². The van der Waals surface area contributed by atoms with Crippen LogP contribution in [0.2, 0.25) is 0 Å². The molecule has 6 nitrogen and oxygen atoms in total. The van der Waals surface area contributed by atoms with E-state index in [2.05, 4.69) is 0 Å². The van der Waals surface area contributed by atoms with Gasteiger partial charge in [-0.3, -0.25) is 4.79 Å². The molecule has 0 aliphatic carbocycles. The number of esters is 1. The highest BCUT2D eigenvalue weighted by Crippen LogP contribution is 2.17. The SMILES string of the molecule is C[C@H](OC(=O)c1ccccc1S(C)(=O)=O)C(=O)N(C)C. The number of carbonyl (C=O) groups excluding carboxylic acids is 2. The molecule has 0 aliphatic heterocycles. The van der Waals surface area contributed by atoms with E-state index in [1.165, 1.54) is 50.2 Å². The van der Waals surface area contributed by atoms with Gasteiger partial charge in [-0.05, 0) is 19.1 Å². The third-order valence-electron chi connectivity index (χ3n) is 2.58. The molecule has 0 fully saturated rings. The van der Waals surface area contributed by atoms with Crippen LogP contribution < -0.4 is 0 Å². The number of amides is 1. The van der Waals surface area contributed by atoms with E-state index in [0.29, 0.717) is 0 Å². The number of benzene rings is 1. The summed E-state index contributed by atoms with van der Waals surface area (Å²) in [7, 11) is -0.469. The van der Waals surface area contributed by atoms with Crippen LogP contribution >= 0.6 is 0 Å². The van der Waals surface area contributed by atoms with Crippen molar-refractivity contribution in [2.45, 2.75) is 17.9 Å². The Labute approximate surface area is 118 Å². The average molecular weight is 299 g/mol. The third kappa shape index (κ3) is 3.80. The molecule has 0 spiro atoms. The van der Waals surface area contributed by atoms with Crippen LogP contribution in [0.1, 0.15) is 17.3 Å². The van der Waals surface area contributed by atoms with Gasteiger partial charge in [0.05, 0.1) is 10.5 Å². The minimum Gasteiger partial charge on any atom is -0.449 e. The van der Waals surface area contributed by atoms with Gasteiger partial charge in [-0.15, -0.1) is 0 Å². The number of likely N-dealkylation sites (N-methyl/N-ethyl adjacent to an activating group) is 1. The molecule has 1 aromatic rings. The van der Waals surface area contributed by atoms with E-state index in [0.717, 1.165) is 6.26 Å². The molecule has 0 N–H and O–H groups in total. The van der Waals surface area contributed by atoms with Crippen molar-refractivity contribution in [2.75, 3.05) is 20.4 Å². The number of rotatable bonds is 4. The van der Waals surface area contributed by atoms with Gasteiger partial charge < -0.3 is 9.64 Å². The summed E-state index contributed by atoms with van der Waals surface area (Å²) in [6.07, 6.45) is 0.0261. The number of hydrogen-bond acceptors (Lipinski definition) is 5. The van der Waals surface area contributed by atoms with Gasteiger partial charge in [-0.25, -0.2) is 13.2 Å². The summed E-state index contributed by atoms with van der Waals surface area (Å²) in [5.74, 6) is -1.22. The third-order valence-corrected chi connectivity index (χ3v) is 3.73. The van der Waals surface area contributed by atoms with Gasteiger partial charge in [0.2, 0.25) is 0 Å². The summed E-state index contributed by atoms with van der Waals surface area (Å²) in [4.78, 5) is 24.8. The molecule has 0 aliphatic rings. The Morgan fingerprint density at radius 1 is 1.20 bits per heavy atom. The Kier molecular flexibility index (Phi) is 4.88. The topological polar surface area (TPSA) is 80.8 Å². The molecule has 20 heavy (non-hydrogen) atoms. The first kappa shape index (κ1) is 16.2. The van der Waals surface area contributed by atoms with Crippen molar-refractivity contribution >= 4 is 21.7 Å². The Bertz CT molecular complexity index is 621. The van der Waals surface area contributed by atoms with Crippen LogP contribution in [0.15, 0.2) is 29.2 Å². The van der Waals surface area contributed by atoms with E-state index in [4.69, 9.17) is 4.74 Å². The fourth-order valence-electron chi connectivity index (χ4n) is 1.60. The molecule has 0 heterocycles. The fourth-order valence-corrected chi connectivity index (χ4v) is 2.47. The number of ether oxygens (including phenoxy) is 1. The second kappa shape index (κ2) is 6.04. The second-order valence-electron chi connectivity index (χ2n) is 4.55. The molecule has 110 valence electrons. The number of nitrogens with zero attached hydrogens (tertiary/aromatic N) is 1. The van der Waals surface area contributed by atoms with Gasteiger partial charge >= 0.3 is 5.97 Å². The van der Waals surface area contributed by atoms with Crippen LogP contribution in [-0.2, 0) is 19.4 Å². The fraction of sp³-hybridized carbons (Fsp3) is 0.385. The molecule has 0 saturated heterocycles. The average Bonchev–Trinajstić information content (AvgIpc) is 2.36. The normalized spacial score (nSPS) is 12.6. The van der Waals surface area contributed by atoms with E-state index in [-0.39, 0.29) is 16.4 Å². The molecule has 0 unspecified atom stereocenters. The molecule has 1 rings (SSSR count). The summed E-state index contributed by atoms with van der Waals surface area (Å²) in [6.45, 7) is 1.43. The zero-order valence-corrected chi connectivity index (χ0v) is 12.6. The predicted molar refractivity (Wildman–Crippen MR) is 73.1 cm³/mol. The van der Waals surface area contributed by atoms with Crippen molar-refractivity contribution in [1.82, 2.24) is 4.90 Å². The van der Waals surface area contributed by atoms with Crippen LogP contribution in [0.5, 0.6) is 0 Å². The molecule has 0 saturated carbocycles. The number of carbonyl (C=O) groups is 2. The molecule has 1 amide bonds. The van der Waals surface area contributed by atoms with Crippen LogP contribution in [0.4, 0.5) is 0 Å². The highest BCUT2D eigenvalue weighted by Gasteiger charge is 2.24. The van der Waals surface area contributed by atoms with Crippen molar-refractivity contribution in [3.8, 4) is 0 Å². The van der Waals surface area contributed by atoms with E-state index in [1.807, 2.05) is 0 Å². The second-order valence-corrected chi connectivity index (χ2v) is 6.53. The maximum Gasteiger partial charge on any atom is 0.340 e. The Morgan fingerprint density at radius 2 is 1.75 bits per heavy atom. The van der Waals surface area contributed by atoms with Crippen molar-refractivity contribution < 1.29 is 22.7 Å². The van der Waals surface area contributed by atoms with Crippen molar-refractivity contribution in [1.29, 1.82) is 0 Å². The largest absolute Gasteiger partial charge is 0.449 e.